The second kappa shape index (κ2) is 6.99. The van der Waals surface area contributed by atoms with Gasteiger partial charge in [0.05, 0.1) is 4.92 Å². The monoisotopic (exact) mass is 332 g/mol. The van der Waals surface area contributed by atoms with E-state index in [0.29, 0.717) is 11.6 Å². The number of nitro groups is 1. The van der Waals surface area contributed by atoms with Crippen LogP contribution in [0.3, 0.4) is 0 Å². The molecule has 1 aromatic carbocycles. The Morgan fingerprint density at radius 3 is 2.78 bits per heavy atom. The first kappa shape index (κ1) is 15.3. The highest BCUT2D eigenvalue weighted by Gasteiger charge is 2.14. The minimum absolute atomic E-state index is 0.143. The Morgan fingerprint density at radius 2 is 2.22 bits per heavy atom. The van der Waals surface area contributed by atoms with E-state index in [9.17, 15) is 10.1 Å². The number of thioether (sulfide) groups is 1. The fourth-order valence-electron chi connectivity index (χ4n) is 1.61. The van der Waals surface area contributed by atoms with Gasteiger partial charge in [0.15, 0.2) is 0 Å². The van der Waals surface area contributed by atoms with Gasteiger partial charge in [-0.1, -0.05) is 0 Å². The second-order valence-corrected chi connectivity index (χ2v) is 6.04. The molecule has 0 spiro atoms. The van der Waals surface area contributed by atoms with E-state index in [4.69, 9.17) is 0 Å². The summed E-state index contributed by atoms with van der Waals surface area (Å²) in [7, 11) is 0. The third-order valence-electron chi connectivity index (χ3n) is 2.64. The molecule has 0 fully saturated rings. The zero-order chi connectivity index (χ0) is 13.7. The Labute approximate surface area is 120 Å². The number of nitrogens with one attached hydrogen (secondary N) is 1. The van der Waals surface area contributed by atoms with E-state index >= 15 is 0 Å². The summed E-state index contributed by atoms with van der Waals surface area (Å²) < 4.78 is 0.732. The zero-order valence-electron chi connectivity index (χ0n) is 10.7. The molecule has 0 heterocycles. The normalized spacial score (nSPS) is 12.2. The Bertz CT molecular complexity index is 440. The van der Waals surface area contributed by atoms with Crippen molar-refractivity contribution in [3.63, 3.8) is 0 Å². The van der Waals surface area contributed by atoms with Crippen LogP contribution < -0.4 is 5.32 Å². The molecule has 0 aliphatic heterocycles. The van der Waals surface area contributed by atoms with Crippen LogP contribution in [-0.2, 0) is 0 Å². The lowest BCUT2D eigenvalue weighted by Gasteiger charge is -2.16. The van der Waals surface area contributed by atoms with Crippen LogP contribution in [-0.4, -0.2) is 23.0 Å². The molecule has 0 saturated carbocycles. The summed E-state index contributed by atoms with van der Waals surface area (Å²) in [6.07, 6.45) is 3.14. The van der Waals surface area contributed by atoms with Crippen molar-refractivity contribution in [2.24, 2.45) is 0 Å². The molecule has 4 nitrogen and oxygen atoms in total. The van der Waals surface area contributed by atoms with Gasteiger partial charge in [-0.2, -0.15) is 11.8 Å². The molecule has 6 heteroatoms. The fourth-order valence-corrected chi connectivity index (χ4v) is 2.65. The first-order valence-electron chi connectivity index (χ1n) is 5.65. The number of halogens is 1. The minimum atomic E-state index is -0.360. The smallest absolute Gasteiger partial charge is 0.273 e. The topological polar surface area (TPSA) is 55.2 Å². The number of hydrogen-bond donors (Lipinski definition) is 1. The highest BCUT2D eigenvalue weighted by Crippen LogP contribution is 2.31. The zero-order valence-corrected chi connectivity index (χ0v) is 13.1. The van der Waals surface area contributed by atoms with Crippen LogP contribution in [0.4, 0.5) is 11.4 Å². The molecule has 0 amide bonds. The van der Waals surface area contributed by atoms with Crippen LogP contribution in [0, 0.1) is 17.0 Å². The van der Waals surface area contributed by atoms with Crippen molar-refractivity contribution >= 4 is 39.1 Å². The second-order valence-electron chi connectivity index (χ2n) is 4.20. The van der Waals surface area contributed by atoms with Gasteiger partial charge >= 0.3 is 0 Å². The van der Waals surface area contributed by atoms with Gasteiger partial charge in [0, 0.05) is 27.8 Å². The molecular weight excluding hydrogens is 316 g/mol. The number of nitrogens with zero attached hydrogens (tertiary/aromatic N) is 1. The van der Waals surface area contributed by atoms with Crippen molar-refractivity contribution in [3.05, 3.63) is 32.3 Å². The van der Waals surface area contributed by atoms with E-state index in [0.717, 1.165) is 22.3 Å². The van der Waals surface area contributed by atoms with Crippen LogP contribution in [0.25, 0.3) is 0 Å². The van der Waals surface area contributed by atoms with Crippen molar-refractivity contribution in [1.82, 2.24) is 0 Å². The minimum Gasteiger partial charge on any atom is -0.382 e. The van der Waals surface area contributed by atoms with Crippen LogP contribution in [0.5, 0.6) is 0 Å². The van der Waals surface area contributed by atoms with E-state index in [1.165, 1.54) is 0 Å². The average Bonchev–Trinajstić information content (AvgIpc) is 2.30. The van der Waals surface area contributed by atoms with Crippen LogP contribution in [0.15, 0.2) is 16.6 Å². The van der Waals surface area contributed by atoms with E-state index in [2.05, 4.69) is 34.4 Å². The first-order chi connectivity index (χ1) is 8.45. The van der Waals surface area contributed by atoms with Crippen molar-refractivity contribution in [2.45, 2.75) is 26.3 Å². The number of benzene rings is 1. The molecule has 100 valence electrons. The summed E-state index contributed by atoms with van der Waals surface area (Å²) in [6, 6.07) is 3.71. The number of anilines is 1. The molecule has 0 bridgehead atoms. The summed E-state index contributed by atoms with van der Waals surface area (Å²) in [5.74, 6) is 1.09. The van der Waals surface area contributed by atoms with Gasteiger partial charge in [-0.05, 0) is 54.3 Å². The lowest BCUT2D eigenvalue weighted by molar-refractivity contribution is -0.385. The predicted octanol–water partition coefficient (Wildman–Crippen LogP) is 4.22. The molecular formula is C12H17BrN2O2S. The molecule has 0 aliphatic carbocycles. The van der Waals surface area contributed by atoms with Gasteiger partial charge in [0.25, 0.3) is 5.69 Å². The van der Waals surface area contributed by atoms with Crippen molar-refractivity contribution in [3.8, 4) is 0 Å². The lowest BCUT2D eigenvalue weighted by Crippen LogP contribution is -2.16. The van der Waals surface area contributed by atoms with Gasteiger partial charge in [-0.15, -0.1) is 0 Å². The quantitative estimate of drug-likeness (QED) is 0.625. The molecule has 1 aromatic rings. The molecule has 1 atom stereocenters. The predicted molar refractivity (Wildman–Crippen MR) is 81.6 cm³/mol. The molecule has 0 aliphatic rings. The summed E-state index contributed by atoms with van der Waals surface area (Å²) in [5, 5.41) is 14.2. The van der Waals surface area contributed by atoms with Crippen LogP contribution in [0.2, 0.25) is 0 Å². The summed E-state index contributed by atoms with van der Waals surface area (Å²) in [4.78, 5) is 10.5. The number of rotatable bonds is 6. The van der Waals surface area contributed by atoms with E-state index in [-0.39, 0.29) is 10.6 Å². The molecule has 1 N–H and O–H groups in total. The highest BCUT2D eigenvalue weighted by molar-refractivity contribution is 9.10. The fraction of sp³-hybridized carbons (Fsp3) is 0.500. The van der Waals surface area contributed by atoms with E-state index < -0.39 is 0 Å². The standard InChI is InChI=1S/C12H17BrN2O2S/c1-8-6-11(14-9(2)4-5-18-3)10(13)7-12(8)15(16)17/h6-7,9,14H,4-5H2,1-3H3. The Kier molecular flexibility index (Phi) is 5.95. The van der Waals surface area contributed by atoms with Gasteiger partial charge in [-0.25, -0.2) is 0 Å². The summed E-state index contributed by atoms with van der Waals surface area (Å²) in [5.41, 5.74) is 1.72. The molecule has 18 heavy (non-hydrogen) atoms. The highest BCUT2D eigenvalue weighted by atomic mass is 79.9. The van der Waals surface area contributed by atoms with Gasteiger partial charge < -0.3 is 5.32 Å². The molecule has 1 rings (SSSR count). The molecule has 1 unspecified atom stereocenters. The van der Waals surface area contributed by atoms with Crippen LogP contribution >= 0.6 is 27.7 Å². The largest absolute Gasteiger partial charge is 0.382 e. The first-order valence-corrected chi connectivity index (χ1v) is 7.84. The van der Waals surface area contributed by atoms with Crippen molar-refractivity contribution < 1.29 is 4.92 Å². The van der Waals surface area contributed by atoms with Crippen LogP contribution in [0.1, 0.15) is 18.9 Å². The maximum atomic E-state index is 10.8. The number of nitro benzene ring substituents is 1. The number of hydrogen-bond acceptors (Lipinski definition) is 4. The molecule has 0 aromatic heterocycles. The average molecular weight is 333 g/mol. The summed E-state index contributed by atoms with van der Waals surface area (Å²) >= 11 is 5.19. The van der Waals surface area contributed by atoms with Crippen molar-refractivity contribution in [2.75, 3.05) is 17.3 Å². The Balaban J connectivity index is 2.84. The van der Waals surface area contributed by atoms with E-state index in [1.807, 2.05) is 17.8 Å². The Morgan fingerprint density at radius 1 is 1.56 bits per heavy atom. The maximum Gasteiger partial charge on any atom is 0.273 e. The van der Waals surface area contributed by atoms with Gasteiger partial charge in [-0.3, -0.25) is 10.1 Å². The maximum absolute atomic E-state index is 10.8. The summed E-state index contributed by atoms with van der Waals surface area (Å²) in [6.45, 7) is 3.86. The van der Waals surface area contributed by atoms with E-state index in [1.54, 1.807) is 13.0 Å². The van der Waals surface area contributed by atoms with Gasteiger partial charge in [0.2, 0.25) is 0 Å². The van der Waals surface area contributed by atoms with Gasteiger partial charge in [0.1, 0.15) is 0 Å². The molecule has 0 saturated heterocycles. The lowest BCUT2D eigenvalue weighted by atomic mass is 10.1. The number of aryl methyl sites for hydroxylation is 1. The third-order valence-corrected chi connectivity index (χ3v) is 3.94. The SMILES string of the molecule is CSCCC(C)Nc1cc(C)c([N+](=O)[O-])cc1Br. The third kappa shape index (κ3) is 4.17. The Hall–Kier alpha value is -0.750. The molecule has 0 radical (unpaired) electrons. The van der Waals surface area contributed by atoms with Crippen molar-refractivity contribution in [1.29, 1.82) is 0 Å².